The zero-order valence-corrected chi connectivity index (χ0v) is 12.8. The summed E-state index contributed by atoms with van der Waals surface area (Å²) >= 11 is 8.61. The summed E-state index contributed by atoms with van der Waals surface area (Å²) in [7, 11) is -4.53. The quantitative estimate of drug-likeness (QED) is 0.410. The second kappa shape index (κ2) is 5.95. The van der Waals surface area contributed by atoms with Gasteiger partial charge in [0.05, 0.1) is 20.9 Å². The summed E-state index contributed by atoms with van der Waals surface area (Å²) in [5.74, 6) is -1.76. The van der Waals surface area contributed by atoms with Crippen molar-refractivity contribution in [2.24, 2.45) is 0 Å². The van der Waals surface area contributed by atoms with Crippen molar-refractivity contribution in [2.75, 3.05) is 0 Å². The van der Waals surface area contributed by atoms with E-state index in [1.165, 1.54) is 6.07 Å². The summed E-state index contributed by atoms with van der Waals surface area (Å²) in [6.07, 6.45) is 0. The number of rotatable bonds is 2. The molecule has 78 valence electrons. The molecule has 0 aromatic heterocycles. The summed E-state index contributed by atoms with van der Waals surface area (Å²) in [6, 6.07) is 2.37. The summed E-state index contributed by atoms with van der Waals surface area (Å²) in [5.41, 5.74) is -0.309. The maximum absolute atomic E-state index is 13.1. The third-order valence-corrected chi connectivity index (χ3v) is 3.42. The Labute approximate surface area is 122 Å². The predicted molar refractivity (Wildman–Crippen MR) is 52.5 cm³/mol. The van der Waals surface area contributed by atoms with E-state index in [2.05, 4.69) is 15.9 Å². The van der Waals surface area contributed by atoms with Gasteiger partial charge in [0.2, 0.25) is 0 Å². The van der Waals surface area contributed by atoms with Crippen molar-refractivity contribution >= 4 is 37.6 Å². The Kier molecular flexibility index (Phi) is 6.28. The van der Waals surface area contributed by atoms with Crippen molar-refractivity contribution in [3.05, 3.63) is 33.0 Å². The van der Waals surface area contributed by atoms with E-state index in [1.54, 1.807) is 0 Å². The van der Waals surface area contributed by atoms with E-state index in [0.29, 0.717) is 4.47 Å². The molecule has 0 radical (unpaired) electrons. The fraction of sp³-hybridized carbons (Fsp3) is 0.143. The normalized spacial score (nSPS) is 10.9. The number of benzene rings is 1. The zero-order chi connectivity index (χ0) is 10.9. The largest absolute Gasteiger partial charge is 1.00 e. The zero-order valence-electron chi connectivity index (χ0n) is 7.63. The Morgan fingerprint density at radius 1 is 1.47 bits per heavy atom. The molecule has 0 fully saturated rings. The average Bonchev–Trinajstić information content (AvgIpc) is 2.04. The maximum atomic E-state index is 13.1. The third kappa shape index (κ3) is 4.68. The Morgan fingerprint density at radius 3 is 2.47 bits per heavy atom. The molecule has 0 atom stereocenters. The van der Waals surface area contributed by atoms with Crippen LogP contribution in [0.25, 0.3) is 0 Å². The maximum Gasteiger partial charge on any atom is 1.00 e. The van der Waals surface area contributed by atoms with Crippen LogP contribution in [0.15, 0.2) is 16.6 Å². The van der Waals surface area contributed by atoms with Crippen LogP contribution >= 0.6 is 27.5 Å². The molecule has 0 saturated heterocycles. The fourth-order valence-corrected chi connectivity index (χ4v) is 2.18. The minimum Gasteiger partial charge on any atom is -0.748 e. The van der Waals surface area contributed by atoms with Gasteiger partial charge in [-0.2, -0.15) is 0 Å². The monoisotopic (exact) mass is 324 g/mol. The van der Waals surface area contributed by atoms with Crippen LogP contribution in [0.5, 0.6) is 0 Å². The average molecular weight is 326 g/mol. The molecule has 0 bridgehead atoms. The van der Waals surface area contributed by atoms with Crippen LogP contribution in [-0.4, -0.2) is 13.0 Å². The third-order valence-electron chi connectivity index (χ3n) is 1.46. The van der Waals surface area contributed by atoms with Gasteiger partial charge in [0.25, 0.3) is 0 Å². The van der Waals surface area contributed by atoms with Crippen LogP contribution in [0.2, 0.25) is 5.02 Å². The molecule has 1 rings (SSSR count). The first-order valence-electron chi connectivity index (χ1n) is 3.37. The van der Waals surface area contributed by atoms with Gasteiger partial charge in [-0.25, -0.2) is 12.8 Å². The van der Waals surface area contributed by atoms with E-state index in [-0.39, 0.29) is 40.1 Å². The molecule has 15 heavy (non-hydrogen) atoms. The van der Waals surface area contributed by atoms with Crippen LogP contribution in [0.4, 0.5) is 4.39 Å². The number of hydrogen-bond acceptors (Lipinski definition) is 3. The molecule has 0 aliphatic heterocycles. The summed E-state index contributed by atoms with van der Waals surface area (Å²) in [5, 5.41) is -0.0931. The smallest absolute Gasteiger partial charge is 0.748 e. The Bertz CT molecular complexity index is 466. The van der Waals surface area contributed by atoms with E-state index >= 15 is 0 Å². The van der Waals surface area contributed by atoms with Crippen molar-refractivity contribution in [1.82, 2.24) is 0 Å². The Balaban J connectivity index is 0.00000196. The molecule has 0 spiro atoms. The van der Waals surface area contributed by atoms with Crippen LogP contribution < -0.4 is 29.6 Å². The summed E-state index contributed by atoms with van der Waals surface area (Å²) in [6.45, 7) is 0. The van der Waals surface area contributed by atoms with Gasteiger partial charge in [-0.15, -0.1) is 0 Å². The summed E-state index contributed by atoms with van der Waals surface area (Å²) < 4.78 is 44.7. The molecular formula is C7H4BrClFNaO3S. The minimum atomic E-state index is -4.53. The second-order valence-electron chi connectivity index (χ2n) is 2.52. The second-order valence-corrected chi connectivity index (χ2v) is 5.16. The van der Waals surface area contributed by atoms with E-state index < -0.39 is 21.7 Å². The van der Waals surface area contributed by atoms with Crippen LogP contribution in [0, 0.1) is 5.82 Å². The molecule has 0 unspecified atom stereocenters. The van der Waals surface area contributed by atoms with Gasteiger partial charge in [0.15, 0.2) is 0 Å². The van der Waals surface area contributed by atoms with Gasteiger partial charge in [-0.1, -0.05) is 11.6 Å². The van der Waals surface area contributed by atoms with E-state index in [1.807, 2.05) is 0 Å². The molecule has 1 aromatic rings. The Morgan fingerprint density at radius 2 is 2.00 bits per heavy atom. The first-order chi connectivity index (χ1) is 6.31. The standard InChI is InChI=1S/C7H5BrClFO3S.Na/c8-5-1-2-6(10)4(7(5)9)3-14(11,12)13;/h1-2H,3H2,(H,11,12,13);/q;+1/p-1. The van der Waals surface area contributed by atoms with Crippen molar-refractivity contribution in [3.8, 4) is 0 Å². The van der Waals surface area contributed by atoms with Crippen molar-refractivity contribution in [2.45, 2.75) is 5.75 Å². The molecule has 0 aliphatic carbocycles. The van der Waals surface area contributed by atoms with Crippen LogP contribution in [0.3, 0.4) is 0 Å². The van der Waals surface area contributed by atoms with Crippen molar-refractivity contribution in [3.63, 3.8) is 0 Å². The first-order valence-corrected chi connectivity index (χ1v) is 6.12. The first kappa shape index (κ1) is 15.8. The molecule has 0 aliphatic rings. The van der Waals surface area contributed by atoms with Gasteiger partial charge >= 0.3 is 29.6 Å². The molecule has 0 saturated carbocycles. The fourth-order valence-electron chi connectivity index (χ4n) is 0.878. The van der Waals surface area contributed by atoms with Gasteiger partial charge in [0, 0.05) is 10.0 Å². The molecule has 0 amide bonds. The molecule has 0 N–H and O–H groups in total. The summed E-state index contributed by atoms with van der Waals surface area (Å²) in [4.78, 5) is 0. The van der Waals surface area contributed by atoms with E-state index in [0.717, 1.165) is 6.07 Å². The van der Waals surface area contributed by atoms with Gasteiger partial charge in [-0.3, -0.25) is 0 Å². The molecule has 1 aromatic carbocycles. The van der Waals surface area contributed by atoms with E-state index in [9.17, 15) is 17.4 Å². The predicted octanol–water partition coefficient (Wildman–Crippen LogP) is -0.709. The van der Waals surface area contributed by atoms with Crippen LogP contribution in [-0.2, 0) is 15.9 Å². The van der Waals surface area contributed by atoms with Gasteiger partial charge in [0.1, 0.15) is 5.82 Å². The minimum absolute atomic E-state index is 0. The number of hydrogen-bond donors (Lipinski definition) is 0. The van der Waals surface area contributed by atoms with Gasteiger partial charge in [-0.05, 0) is 28.1 Å². The Hall–Kier alpha value is 0.830. The number of halogens is 3. The van der Waals surface area contributed by atoms with Crippen molar-refractivity contribution in [1.29, 1.82) is 0 Å². The molecule has 8 heteroatoms. The molecule has 3 nitrogen and oxygen atoms in total. The molecule has 0 heterocycles. The van der Waals surface area contributed by atoms with Crippen LogP contribution in [0.1, 0.15) is 5.56 Å². The SMILES string of the molecule is O=S(=O)([O-])Cc1c(F)ccc(Br)c1Cl.[Na+]. The molecular weight excluding hydrogens is 321 g/mol. The van der Waals surface area contributed by atoms with Gasteiger partial charge < -0.3 is 4.55 Å². The van der Waals surface area contributed by atoms with Crippen molar-refractivity contribution < 1.29 is 46.9 Å². The van der Waals surface area contributed by atoms with E-state index in [4.69, 9.17) is 11.6 Å². The topological polar surface area (TPSA) is 57.2 Å².